The quantitative estimate of drug-likeness (QED) is 0.652. The topological polar surface area (TPSA) is 50.9 Å². The van der Waals surface area contributed by atoms with Gasteiger partial charge in [-0.05, 0) is 30.5 Å². The van der Waals surface area contributed by atoms with Gasteiger partial charge in [0.1, 0.15) is 0 Å². The third kappa shape index (κ3) is 3.68. The zero-order valence-corrected chi connectivity index (χ0v) is 10.8. The first-order chi connectivity index (χ1) is 9.51. The number of aromatic nitrogens is 1. The van der Waals surface area contributed by atoms with Gasteiger partial charge in [-0.1, -0.05) is 18.2 Å². The summed E-state index contributed by atoms with van der Waals surface area (Å²) in [6.07, 6.45) is -2.88. The Morgan fingerprint density at radius 3 is 2.70 bits per heavy atom. The van der Waals surface area contributed by atoms with Crippen LogP contribution in [0.2, 0.25) is 0 Å². The predicted molar refractivity (Wildman–Crippen MR) is 71.7 cm³/mol. The molecule has 3 N–H and O–H groups in total. The van der Waals surface area contributed by atoms with Crippen LogP contribution in [0.15, 0.2) is 36.5 Å². The highest BCUT2D eigenvalue weighted by molar-refractivity contribution is 5.82. The molecule has 0 fully saturated rings. The Hall–Kier alpha value is -1.66. The van der Waals surface area contributed by atoms with E-state index in [0.717, 1.165) is 16.5 Å². The molecule has 1 aromatic heterocycles. The van der Waals surface area contributed by atoms with Gasteiger partial charge in [-0.25, -0.2) is 0 Å². The number of rotatable bonds is 5. The lowest BCUT2D eigenvalue weighted by atomic mass is 9.97. The second kappa shape index (κ2) is 6.19. The number of nitrogens with two attached hydrogens (primary N) is 1. The Morgan fingerprint density at radius 2 is 2.00 bits per heavy atom. The van der Waals surface area contributed by atoms with E-state index in [1.54, 1.807) is 12.3 Å². The van der Waals surface area contributed by atoms with Crippen LogP contribution in [0.1, 0.15) is 30.9 Å². The molecule has 0 saturated carbocycles. The summed E-state index contributed by atoms with van der Waals surface area (Å²) in [5.41, 5.74) is 4.28. The van der Waals surface area contributed by atoms with Crippen LogP contribution in [0.5, 0.6) is 0 Å². The van der Waals surface area contributed by atoms with Crippen molar-refractivity contribution in [1.82, 2.24) is 10.4 Å². The molecule has 0 bridgehead atoms. The lowest BCUT2D eigenvalue weighted by molar-refractivity contribution is -0.135. The summed E-state index contributed by atoms with van der Waals surface area (Å²) >= 11 is 0. The fourth-order valence-corrected chi connectivity index (χ4v) is 2.27. The van der Waals surface area contributed by atoms with E-state index in [2.05, 4.69) is 10.4 Å². The Morgan fingerprint density at radius 1 is 1.20 bits per heavy atom. The smallest absolute Gasteiger partial charge is 0.271 e. The summed E-state index contributed by atoms with van der Waals surface area (Å²) in [6.45, 7) is 0. The lowest BCUT2D eigenvalue weighted by Gasteiger charge is -2.18. The SMILES string of the molecule is NNC(CCCC(F)(F)F)c1cccc2ncccc12. The van der Waals surface area contributed by atoms with Crippen LogP contribution in [0, 0.1) is 0 Å². The number of pyridine rings is 1. The zero-order chi connectivity index (χ0) is 14.6. The number of alkyl halides is 3. The molecule has 1 aromatic carbocycles. The Labute approximate surface area is 115 Å². The molecule has 0 aliphatic rings. The summed E-state index contributed by atoms with van der Waals surface area (Å²) in [5, 5.41) is 0.907. The van der Waals surface area contributed by atoms with E-state index in [1.807, 2.05) is 24.3 Å². The van der Waals surface area contributed by atoms with E-state index < -0.39 is 12.6 Å². The van der Waals surface area contributed by atoms with Crippen LogP contribution in [0.3, 0.4) is 0 Å². The third-order valence-electron chi connectivity index (χ3n) is 3.21. The largest absolute Gasteiger partial charge is 0.389 e. The molecular formula is C14H16F3N3. The molecule has 0 spiro atoms. The Kier molecular flexibility index (Phi) is 4.57. The van der Waals surface area contributed by atoms with Crippen molar-refractivity contribution in [2.45, 2.75) is 31.5 Å². The number of hydrogen-bond acceptors (Lipinski definition) is 3. The number of nitrogens with one attached hydrogen (secondary N) is 1. The van der Waals surface area contributed by atoms with Crippen LogP contribution in [0.4, 0.5) is 13.2 Å². The average Bonchev–Trinajstić information content (AvgIpc) is 2.42. The van der Waals surface area contributed by atoms with Gasteiger partial charge in [-0.3, -0.25) is 16.3 Å². The van der Waals surface area contributed by atoms with E-state index in [0.29, 0.717) is 6.42 Å². The maximum absolute atomic E-state index is 12.2. The predicted octanol–water partition coefficient (Wildman–Crippen LogP) is 3.47. The molecule has 1 heterocycles. The summed E-state index contributed by atoms with van der Waals surface area (Å²) in [7, 11) is 0. The van der Waals surface area contributed by atoms with Gasteiger partial charge in [-0.15, -0.1) is 0 Å². The van der Waals surface area contributed by atoms with E-state index in [4.69, 9.17) is 5.84 Å². The van der Waals surface area contributed by atoms with Gasteiger partial charge in [0, 0.05) is 24.0 Å². The maximum Gasteiger partial charge on any atom is 0.389 e. The van der Waals surface area contributed by atoms with Crippen molar-refractivity contribution < 1.29 is 13.2 Å². The van der Waals surface area contributed by atoms with Gasteiger partial charge in [0.2, 0.25) is 0 Å². The van der Waals surface area contributed by atoms with Gasteiger partial charge < -0.3 is 0 Å². The van der Waals surface area contributed by atoms with E-state index >= 15 is 0 Å². The van der Waals surface area contributed by atoms with E-state index in [-0.39, 0.29) is 12.5 Å². The Balaban J connectivity index is 2.17. The molecule has 20 heavy (non-hydrogen) atoms. The van der Waals surface area contributed by atoms with Crippen LogP contribution < -0.4 is 11.3 Å². The third-order valence-corrected chi connectivity index (χ3v) is 3.21. The monoisotopic (exact) mass is 283 g/mol. The molecule has 0 amide bonds. The number of nitrogens with zero attached hydrogens (tertiary/aromatic N) is 1. The highest BCUT2D eigenvalue weighted by Gasteiger charge is 2.27. The highest BCUT2D eigenvalue weighted by atomic mass is 19.4. The molecular weight excluding hydrogens is 267 g/mol. The van der Waals surface area contributed by atoms with Crippen molar-refractivity contribution in [2.75, 3.05) is 0 Å². The number of hydrazine groups is 1. The highest BCUT2D eigenvalue weighted by Crippen LogP contribution is 2.29. The number of fused-ring (bicyclic) bond motifs is 1. The van der Waals surface area contributed by atoms with Crippen molar-refractivity contribution in [3.05, 3.63) is 42.1 Å². The first-order valence-corrected chi connectivity index (χ1v) is 6.38. The molecule has 1 atom stereocenters. The van der Waals surface area contributed by atoms with Crippen molar-refractivity contribution in [3.8, 4) is 0 Å². The van der Waals surface area contributed by atoms with Gasteiger partial charge in [-0.2, -0.15) is 13.2 Å². The normalized spacial score (nSPS) is 13.6. The van der Waals surface area contributed by atoms with Crippen LogP contribution in [-0.2, 0) is 0 Å². The van der Waals surface area contributed by atoms with Crippen LogP contribution in [0.25, 0.3) is 10.9 Å². The molecule has 2 aromatic rings. The lowest BCUT2D eigenvalue weighted by Crippen LogP contribution is -2.28. The number of hydrogen-bond donors (Lipinski definition) is 2. The van der Waals surface area contributed by atoms with Gasteiger partial charge >= 0.3 is 6.18 Å². The molecule has 1 unspecified atom stereocenters. The summed E-state index contributed by atoms with van der Waals surface area (Å²) in [6, 6.07) is 8.94. The maximum atomic E-state index is 12.2. The minimum Gasteiger partial charge on any atom is -0.271 e. The summed E-state index contributed by atoms with van der Waals surface area (Å²) in [5.74, 6) is 5.49. The second-order valence-electron chi connectivity index (χ2n) is 4.64. The van der Waals surface area contributed by atoms with Crippen LogP contribution in [-0.4, -0.2) is 11.2 Å². The molecule has 108 valence electrons. The van der Waals surface area contributed by atoms with Gasteiger partial charge in [0.15, 0.2) is 0 Å². The number of benzene rings is 1. The fraction of sp³-hybridized carbons (Fsp3) is 0.357. The Bertz CT molecular complexity index is 564. The van der Waals surface area contributed by atoms with Crippen molar-refractivity contribution in [1.29, 1.82) is 0 Å². The first-order valence-electron chi connectivity index (χ1n) is 6.38. The molecule has 0 aliphatic carbocycles. The van der Waals surface area contributed by atoms with E-state index in [9.17, 15) is 13.2 Å². The second-order valence-corrected chi connectivity index (χ2v) is 4.64. The molecule has 3 nitrogen and oxygen atoms in total. The van der Waals surface area contributed by atoms with Gasteiger partial charge in [0.25, 0.3) is 0 Å². The molecule has 0 saturated heterocycles. The van der Waals surface area contributed by atoms with E-state index in [1.165, 1.54) is 0 Å². The fourth-order valence-electron chi connectivity index (χ4n) is 2.27. The number of halogens is 3. The van der Waals surface area contributed by atoms with Crippen LogP contribution >= 0.6 is 0 Å². The molecule has 0 radical (unpaired) electrons. The average molecular weight is 283 g/mol. The summed E-state index contributed by atoms with van der Waals surface area (Å²) in [4.78, 5) is 4.23. The zero-order valence-electron chi connectivity index (χ0n) is 10.8. The minimum atomic E-state index is -4.13. The molecule has 6 heteroatoms. The summed E-state index contributed by atoms with van der Waals surface area (Å²) < 4.78 is 36.6. The van der Waals surface area contributed by atoms with Crippen molar-refractivity contribution >= 4 is 10.9 Å². The van der Waals surface area contributed by atoms with Crippen molar-refractivity contribution in [3.63, 3.8) is 0 Å². The molecule has 0 aliphatic heterocycles. The first kappa shape index (κ1) is 14.7. The standard InChI is InChI=1S/C14H16F3N3/c15-14(16,17)8-2-7-13(20-18)11-4-1-6-12-10(11)5-3-9-19-12/h1,3-6,9,13,20H,2,7-8,18H2. The van der Waals surface area contributed by atoms with Crippen molar-refractivity contribution in [2.24, 2.45) is 5.84 Å². The minimum absolute atomic E-state index is 0.0367. The molecule has 2 rings (SSSR count). The van der Waals surface area contributed by atoms with Gasteiger partial charge in [0.05, 0.1) is 5.52 Å².